The number of aromatic nitrogens is 2. The van der Waals surface area contributed by atoms with Crippen molar-refractivity contribution in [2.75, 3.05) is 24.5 Å². The van der Waals surface area contributed by atoms with Gasteiger partial charge in [0, 0.05) is 19.1 Å². The summed E-state index contributed by atoms with van der Waals surface area (Å²) in [6.07, 6.45) is 4.48. The van der Waals surface area contributed by atoms with Crippen molar-refractivity contribution in [2.45, 2.75) is 38.6 Å². The minimum absolute atomic E-state index is 0.173. The van der Waals surface area contributed by atoms with E-state index in [-0.39, 0.29) is 5.91 Å². The zero-order valence-corrected chi connectivity index (χ0v) is 12.0. The Morgan fingerprint density at radius 2 is 2.35 bits per heavy atom. The molecule has 3 N–H and O–H groups in total. The van der Waals surface area contributed by atoms with E-state index >= 15 is 0 Å². The Labute approximate surface area is 119 Å². The minimum Gasteiger partial charge on any atom is -0.352 e. The number of rotatable bonds is 6. The summed E-state index contributed by atoms with van der Waals surface area (Å²) in [7, 11) is 0. The molecule has 6 heteroatoms. The zero-order chi connectivity index (χ0) is 14.4. The Hall–Kier alpha value is -1.69. The third-order valence-corrected chi connectivity index (χ3v) is 3.63. The van der Waals surface area contributed by atoms with Crippen molar-refractivity contribution < 1.29 is 4.79 Å². The summed E-state index contributed by atoms with van der Waals surface area (Å²) in [6.45, 7) is 4.21. The van der Waals surface area contributed by atoms with Crippen molar-refractivity contribution in [1.29, 1.82) is 0 Å². The van der Waals surface area contributed by atoms with E-state index in [2.05, 4.69) is 20.4 Å². The lowest BCUT2D eigenvalue weighted by Crippen LogP contribution is -2.31. The van der Waals surface area contributed by atoms with E-state index in [1.807, 2.05) is 13.0 Å². The lowest BCUT2D eigenvalue weighted by atomic mass is 10.1. The van der Waals surface area contributed by atoms with E-state index in [0.29, 0.717) is 18.3 Å². The van der Waals surface area contributed by atoms with Crippen LogP contribution in [0.4, 0.5) is 5.82 Å². The number of amides is 1. The molecule has 6 nitrogen and oxygen atoms in total. The van der Waals surface area contributed by atoms with Crippen LogP contribution < -0.4 is 16.0 Å². The summed E-state index contributed by atoms with van der Waals surface area (Å²) in [5, 5.41) is 11.0. The first-order valence-corrected chi connectivity index (χ1v) is 7.35. The molecule has 1 fully saturated rings. The Morgan fingerprint density at radius 1 is 1.50 bits per heavy atom. The van der Waals surface area contributed by atoms with Crippen LogP contribution in [0.25, 0.3) is 0 Å². The van der Waals surface area contributed by atoms with Gasteiger partial charge in [0.05, 0.1) is 0 Å². The smallest absolute Gasteiger partial charge is 0.271 e. The summed E-state index contributed by atoms with van der Waals surface area (Å²) in [4.78, 5) is 13.9. The normalized spacial score (nSPS) is 18.3. The molecule has 1 saturated heterocycles. The monoisotopic (exact) mass is 277 g/mol. The minimum atomic E-state index is -0.173. The van der Waals surface area contributed by atoms with Crippen LogP contribution in [0.3, 0.4) is 0 Å². The first-order chi connectivity index (χ1) is 9.76. The van der Waals surface area contributed by atoms with Crippen LogP contribution in [-0.4, -0.2) is 41.8 Å². The Morgan fingerprint density at radius 3 is 3.00 bits per heavy atom. The Kier molecular flexibility index (Phi) is 5.29. The molecule has 2 rings (SSSR count). The molecule has 0 bridgehead atoms. The second kappa shape index (κ2) is 7.19. The van der Waals surface area contributed by atoms with E-state index in [9.17, 15) is 4.79 Å². The van der Waals surface area contributed by atoms with Gasteiger partial charge >= 0.3 is 0 Å². The second-order valence-electron chi connectivity index (χ2n) is 5.06. The van der Waals surface area contributed by atoms with Gasteiger partial charge in [-0.05, 0) is 51.3 Å². The Bertz CT molecular complexity index is 434. The number of carbonyl (C=O) groups is 1. The zero-order valence-electron chi connectivity index (χ0n) is 12.0. The fourth-order valence-corrected chi connectivity index (χ4v) is 2.64. The molecule has 2 heterocycles. The van der Waals surface area contributed by atoms with Crippen molar-refractivity contribution in [2.24, 2.45) is 5.73 Å². The van der Waals surface area contributed by atoms with Gasteiger partial charge in [-0.3, -0.25) is 4.79 Å². The van der Waals surface area contributed by atoms with Crippen molar-refractivity contribution in [1.82, 2.24) is 15.5 Å². The van der Waals surface area contributed by atoms with Gasteiger partial charge in [0.2, 0.25) is 0 Å². The molecule has 0 spiro atoms. The average Bonchev–Trinajstić information content (AvgIpc) is 2.94. The summed E-state index contributed by atoms with van der Waals surface area (Å²) in [5.41, 5.74) is 5.95. The largest absolute Gasteiger partial charge is 0.352 e. The highest BCUT2D eigenvalue weighted by atomic mass is 16.1. The maximum absolute atomic E-state index is 11.6. The second-order valence-corrected chi connectivity index (χ2v) is 5.06. The number of hydrogen-bond acceptors (Lipinski definition) is 5. The van der Waals surface area contributed by atoms with Crippen molar-refractivity contribution >= 4 is 11.7 Å². The summed E-state index contributed by atoms with van der Waals surface area (Å²) < 4.78 is 0. The number of nitrogens with one attached hydrogen (secondary N) is 1. The van der Waals surface area contributed by atoms with Crippen LogP contribution in [-0.2, 0) is 0 Å². The number of nitrogens with zero attached hydrogens (tertiary/aromatic N) is 3. The van der Waals surface area contributed by atoms with E-state index in [0.717, 1.165) is 31.7 Å². The molecule has 0 radical (unpaired) electrons. The number of carbonyl (C=O) groups excluding carboxylic acids is 1. The molecule has 1 unspecified atom stereocenters. The lowest BCUT2D eigenvalue weighted by Gasteiger charge is -2.25. The van der Waals surface area contributed by atoms with Crippen LogP contribution in [0.2, 0.25) is 0 Å². The molecule has 0 saturated carbocycles. The quantitative estimate of drug-likeness (QED) is 0.808. The number of anilines is 1. The fraction of sp³-hybridized carbons (Fsp3) is 0.643. The van der Waals surface area contributed by atoms with Crippen LogP contribution in [0.5, 0.6) is 0 Å². The van der Waals surface area contributed by atoms with Crippen LogP contribution >= 0.6 is 0 Å². The van der Waals surface area contributed by atoms with Gasteiger partial charge in [0.1, 0.15) is 0 Å². The molecular formula is C14H23N5O. The first-order valence-electron chi connectivity index (χ1n) is 7.35. The topological polar surface area (TPSA) is 84.1 Å². The molecule has 1 aromatic heterocycles. The maximum atomic E-state index is 11.6. The highest BCUT2D eigenvalue weighted by molar-refractivity contribution is 5.92. The highest BCUT2D eigenvalue weighted by Crippen LogP contribution is 2.26. The van der Waals surface area contributed by atoms with Gasteiger partial charge in [-0.25, -0.2) is 0 Å². The van der Waals surface area contributed by atoms with Gasteiger partial charge < -0.3 is 16.0 Å². The summed E-state index contributed by atoms with van der Waals surface area (Å²) >= 11 is 0. The average molecular weight is 277 g/mol. The molecule has 20 heavy (non-hydrogen) atoms. The van der Waals surface area contributed by atoms with E-state index in [1.54, 1.807) is 6.07 Å². The lowest BCUT2D eigenvalue weighted by molar-refractivity contribution is 0.0950. The van der Waals surface area contributed by atoms with Crippen molar-refractivity contribution in [3.8, 4) is 0 Å². The van der Waals surface area contributed by atoms with Gasteiger partial charge in [0.25, 0.3) is 5.91 Å². The van der Waals surface area contributed by atoms with Gasteiger partial charge in [-0.2, -0.15) is 0 Å². The molecule has 1 aromatic rings. The van der Waals surface area contributed by atoms with Crippen LogP contribution in [0.15, 0.2) is 12.1 Å². The standard InChI is InChI=1S/C14H23N5O/c1-2-16-14(20)12-7-8-13(18-17-12)19-10-4-6-11(19)5-3-9-15/h7-8,11H,2-6,9-10,15H2,1H3,(H,16,20). The van der Waals surface area contributed by atoms with E-state index in [4.69, 9.17) is 5.73 Å². The van der Waals surface area contributed by atoms with Gasteiger partial charge in [-0.15, -0.1) is 10.2 Å². The summed E-state index contributed by atoms with van der Waals surface area (Å²) in [5.74, 6) is 0.685. The first kappa shape index (κ1) is 14.7. The maximum Gasteiger partial charge on any atom is 0.271 e. The van der Waals surface area contributed by atoms with Gasteiger partial charge in [0.15, 0.2) is 11.5 Å². The number of nitrogens with two attached hydrogens (primary N) is 1. The molecule has 1 aliphatic rings. The predicted octanol–water partition coefficient (Wildman–Crippen LogP) is 0.934. The van der Waals surface area contributed by atoms with Crippen molar-refractivity contribution in [3.63, 3.8) is 0 Å². The molecular weight excluding hydrogens is 254 g/mol. The SMILES string of the molecule is CCNC(=O)c1ccc(N2CCCC2CCCN)nn1. The van der Waals surface area contributed by atoms with E-state index < -0.39 is 0 Å². The van der Waals surface area contributed by atoms with Crippen molar-refractivity contribution in [3.05, 3.63) is 17.8 Å². The molecule has 110 valence electrons. The molecule has 1 aliphatic heterocycles. The third kappa shape index (κ3) is 3.45. The molecule has 1 atom stereocenters. The molecule has 0 aliphatic carbocycles. The molecule has 1 amide bonds. The number of hydrogen-bond donors (Lipinski definition) is 2. The predicted molar refractivity (Wildman–Crippen MR) is 78.7 cm³/mol. The van der Waals surface area contributed by atoms with E-state index in [1.165, 1.54) is 12.8 Å². The van der Waals surface area contributed by atoms with Crippen LogP contribution in [0, 0.1) is 0 Å². The summed E-state index contributed by atoms with van der Waals surface area (Å²) in [6, 6.07) is 4.13. The van der Waals surface area contributed by atoms with Crippen LogP contribution in [0.1, 0.15) is 43.1 Å². The highest BCUT2D eigenvalue weighted by Gasteiger charge is 2.25. The Balaban J connectivity index is 2.03. The van der Waals surface area contributed by atoms with Gasteiger partial charge in [-0.1, -0.05) is 0 Å². The molecule has 0 aromatic carbocycles. The third-order valence-electron chi connectivity index (χ3n) is 3.63. The fourth-order valence-electron chi connectivity index (χ4n) is 2.64.